The minimum atomic E-state index is -4.94. The monoisotopic (exact) mass is 302 g/mol. The van der Waals surface area contributed by atoms with E-state index in [9.17, 15) is 0 Å². The quantitative estimate of drug-likeness (QED) is 0.532. The highest BCUT2D eigenvalue weighted by Crippen LogP contribution is 2.40. The van der Waals surface area contributed by atoms with Crippen LogP contribution in [0, 0.1) is 24.1 Å². The van der Waals surface area contributed by atoms with Crippen LogP contribution in [0.2, 0.25) is 0 Å². The molecular formula is C12H11ClO7. The summed E-state index contributed by atoms with van der Waals surface area (Å²) in [4.78, 5) is 0. The highest BCUT2D eigenvalue weighted by atomic mass is 35.7. The van der Waals surface area contributed by atoms with E-state index in [0.717, 1.165) is 33.8 Å². The smallest absolute Gasteiger partial charge is 0.338 e. The maximum atomic E-state index is 8.49. The Morgan fingerprint density at radius 2 is 1.75 bits per heavy atom. The van der Waals surface area contributed by atoms with Crippen molar-refractivity contribution in [2.24, 2.45) is 0 Å². The number of fused-ring (bicyclic) bond motifs is 3. The molecule has 20 heavy (non-hydrogen) atoms. The standard InChI is InChI=1S/C12H11O3.ClHO4/c1-7-5-9-3-4-10-12(14-6-13-10)11(9)8(2)15-7;2-1(3,4)5/h3-5H,6H2,1-2H3;(H,2,3,4,5)/q+1;/p-1. The molecule has 0 amide bonds. The van der Waals surface area contributed by atoms with Crippen molar-refractivity contribution in [2.45, 2.75) is 13.8 Å². The molecule has 1 aromatic carbocycles. The van der Waals surface area contributed by atoms with Crippen LogP contribution in [0.3, 0.4) is 0 Å². The average Bonchev–Trinajstić information content (AvgIpc) is 2.73. The molecular weight excluding hydrogens is 292 g/mol. The summed E-state index contributed by atoms with van der Waals surface area (Å²) < 4.78 is 50.3. The summed E-state index contributed by atoms with van der Waals surface area (Å²) >= 11 is 0. The van der Waals surface area contributed by atoms with E-state index in [2.05, 4.69) is 0 Å². The third-order valence-electron chi connectivity index (χ3n) is 2.60. The van der Waals surface area contributed by atoms with Crippen LogP contribution in [0.15, 0.2) is 22.6 Å². The molecule has 7 nitrogen and oxygen atoms in total. The Morgan fingerprint density at radius 3 is 2.40 bits per heavy atom. The first-order valence-electron chi connectivity index (χ1n) is 5.50. The molecule has 0 spiro atoms. The topological polar surface area (TPSA) is 122 Å². The fourth-order valence-electron chi connectivity index (χ4n) is 2.01. The zero-order valence-corrected chi connectivity index (χ0v) is 11.4. The van der Waals surface area contributed by atoms with Crippen LogP contribution in [-0.2, 0) is 0 Å². The highest BCUT2D eigenvalue weighted by Gasteiger charge is 2.23. The van der Waals surface area contributed by atoms with E-state index in [1.54, 1.807) is 0 Å². The first kappa shape index (κ1) is 14.8. The van der Waals surface area contributed by atoms with Gasteiger partial charge in [0.2, 0.25) is 6.79 Å². The second kappa shape index (κ2) is 5.39. The van der Waals surface area contributed by atoms with Gasteiger partial charge < -0.3 is 9.47 Å². The first-order chi connectivity index (χ1) is 9.25. The van der Waals surface area contributed by atoms with Crippen molar-refractivity contribution in [3.8, 4) is 11.5 Å². The second-order valence-corrected chi connectivity index (χ2v) is 4.81. The summed E-state index contributed by atoms with van der Waals surface area (Å²) in [5.74, 6) is 3.37. The van der Waals surface area contributed by atoms with Gasteiger partial charge in [0.1, 0.15) is 5.39 Å². The molecule has 1 aliphatic rings. The van der Waals surface area contributed by atoms with E-state index in [1.165, 1.54) is 0 Å². The first-order valence-corrected chi connectivity index (χ1v) is 6.73. The van der Waals surface area contributed by atoms with Gasteiger partial charge in [-0.3, -0.25) is 0 Å². The van der Waals surface area contributed by atoms with Crippen LogP contribution < -0.4 is 28.1 Å². The van der Waals surface area contributed by atoms with Crippen molar-refractivity contribution in [3.05, 3.63) is 29.7 Å². The van der Waals surface area contributed by atoms with Crippen molar-refractivity contribution < 1.29 is 42.8 Å². The van der Waals surface area contributed by atoms with E-state index in [4.69, 9.17) is 32.5 Å². The normalized spacial score (nSPS) is 13.1. The number of halogens is 1. The molecule has 0 unspecified atom stereocenters. The Morgan fingerprint density at radius 1 is 1.10 bits per heavy atom. The SMILES string of the molecule is Cc1cc2ccc3c(c2c(C)[o+]1)OCO3.[O-][Cl+3]([O-])([O-])[O-]. The maximum absolute atomic E-state index is 8.49. The minimum Gasteiger partial charge on any atom is -0.454 e. The molecule has 0 N–H and O–H groups in total. The van der Waals surface area contributed by atoms with E-state index >= 15 is 0 Å². The van der Waals surface area contributed by atoms with Gasteiger partial charge in [0, 0.05) is 11.5 Å². The molecule has 108 valence electrons. The summed E-state index contributed by atoms with van der Waals surface area (Å²) in [5.41, 5.74) is 0. The molecule has 0 fully saturated rings. The maximum Gasteiger partial charge on any atom is 0.338 e. The lowest BCUT2D eigenvalue weighted by molar-refractivity contribution is -2.00. The molecule has 0 atom stereocenters. The zero-order chi connectivity index (χ0) is 14.9. The zero-order valence-electron chi connectivity index (χ0n) is 10.7. The Balaban J connectivity index is 0.000000257. The van der Waals surface area contributed by atoms with Crippen LogP contribution in [0.1, 0.15) is 11.5 Å². The molecule has 0 saturated heterocycles. The lowest BCUT2D eigenvalue weighted by Crippen LogP contribution is -2.68. The average molecular weight is 303 g/mol. The fraction of sp³-hybridized carbons (Fsp3) is 0.250. The molecule has 1 aromatic heterocycles. The second-order valence-electron chi connectivity index (χ2n) is 4.05. The number of hydrogen-bond donors (Lipinski definition) is 0. The van der Waals surface area contributed by atoms with Gasteiger partial charge in [0.15, 0.2) is 11.5 Å². The van der Waals surface area contributed by atoms with Crippen molar-refractivity contribution in [1.82, 2.24) is 0 Å². The lowest BCUT2D eigenvalue weighted by atomic mass is 10.1. The van der Waals surface area contributed by atoms with E-state index < -0.39 is 10.2 Å². The van der Waals surface area contributed by atoms with Crippen LogP contribution >= 0.6 is 0 Å². The molecule has 0 saturated carbocycles. The van der Waals surface area contributed by atoms with Crippen LogP contribution in [0.25, 0.3) is 10.8 Å². The molecule has 0 bridgehead atoms. The Bertz CT molecular complexity index is 630. The molecule has 0 radical (unpaired) electrons. The third kappa shape index (κ3) is 3.47. The third-order valence-corrected chi connectivity index (χ3v) is 2.60. The number of benzene rings is 1. The molecule has 0 aliphatic carbocycles. The van der Waals surface area contributed by atoms with E-state index in [0.29, 0.717) is 6.79 Å². The van der Waals surface area contributed by atoms with Crippen molar-refractivity contribution in [3.63, 3.8) is 0 Å². The summed E-state index contributed by atoms with van der Waals surface area (Å²) in [6.45, 7) is 4.18. The summed E-state index contributed by atoms with van der Waals surface area (Å²) in [5, 5.41) is 2.14. The van der Waals surface area contributed by atoms with Crippen LogP contribution in [0.4, 0.5) is 0 Å². The predicted molar refractivity (Wildman–Crippen MR) is 56.2 cm³/mol. The molecule has 1 aliphatic heterocycles. The largest absolute Gasteiger partial charge is 0.454 e. The number of rotatable bonds is 0. The van der Waals surface area contributed by atoms with Crippen molar-refractivity contribution >= 4 is 10.8 Å². The number of aryl methyl sites for hydroxylation is 2. The van der Waals surface area contributed by atoms with Crippen molar-refractivity contribution in [2.75, 3.05) is 6.79 Å². The predicted octanol–water partition coefficient (Wildman–Crippen LogP) is -1.70. The number of hydrogen-bond acceptors (Lipinski definition) is 6. The van der Waals surface area contributed by atoms with Crippen molar-refractivity contribution in [1.29, 1.82) is 0 Å². The molecule has 3 rings (SSSR count). The van der Waals surface area contributed by atoms with E-state index in [1.807, 2.05) is 32.0 Å². The summed E-state index contributed by atoms with van der Waals surface area (Å²) in [6, 6.07) is 5.96. The molecule has 8 heteroatoms. The summed E-state index contributed by atoms with van der Waals surface area (Å²) in [7, 11) is -4.94. The van der Waals surface area contributed by atoms with Gasteiger partial charge in [-0.25, -0.2) is 23.1 Å². The van der Waals surface area contributed by atoms with Gasteiger partial charge in [-0.15, -0.1) is 10.2 Å². The van der Waals surface area contributed by atoms with Gasteiger partial charge in [-0.2, -0.15) is 0 Å². The lowest BCUT2D eigenvalue weighted by Gasteiger charge is -2.17. The van der Waals surface area contributed by atoms with Crippen LogP contribution in [-0.4, -0.2) is 6.79 Å². The van der Waals surface area contributed by atoms with Gasteiger partial charge in [0.25, 0.3) is 0 Å². The molecule has 2 heterocycles. The summed E-state index contributed by atoms with van der Waals surface area (Å²) in [6.07, 6.45) is 0. The Hall–Kier alpha value is -1.64. The Labute approximate surface area is 116 Å². The minimum absolute atomic E-state index is 0.293. The number of ether oxygens (including phenoxy) is 2. The Kier molecular flexibility index (Phi) is 3.98. The van der Waals surface area contributed by atoms with Gasteiger partial charge >= 0.3 is 11.5 Å². The van der Waals surface area contributed by atoms with Gasteiger partial charge in [0.05, 0.1) is 13.8 Å². The van der Waals surface area contributed by atoms with E-state index in [-0.39, 0.29) is 0 Å². The van der Waals surface area contributed by atoms with Crippen LogP contribution in [0.5, 0.6) is 11.5 Å². The highest BCUT2D eigenvalue weighted by molar-refractivity contribution is 5.92. The van der Waals surface area contributed by atoms with Gasteiger partial charge in [-0.1, -0.05) is 0 Å². The fourth-order valence-corrected chi connectivity index (χ4v) is 2.01. The molecule has 2 aromatic rings. The van der Waals surface area contributed by atoms with Gasteiger partial charge in [-0.05, 0) is 12.1 Å².